The average Bonchev–Trinajstić information content (AvgIpc) is 2.55. The fraction of sp³-hybridized carbons (Fsp3) is 0.750. The molecule has 98 valence electrons. The lowest BCUT2D eigenvalue weighted by Crippen LogP contribution is -2.31. The molecule has 0 saturated heterocycles. The Hall–Kier alpha value is 1.07. The van der Waals surface area contributed by atoms with E-state index in [4.69, 9.17) is 58.0 Å². The molecule has 0 atom stereocenters. The zero-order valence-corrected chi connectivity index (χ0v) is 14.1. The van der Waals surface area contributed by atoms with Crippen molar-refractivity contribution in [2.75, 3.05) is 0 Å². The largest absolute Gasteiger partial charge is 0.245 e. The Morgan fingerprint density at radius 3 is 2.29 bits per heavy atom. The minimum absolute atomic E-state index is 0.342. The summed E-state index contributed by atoms with van der Waals surface area (Å²) in [5, 5.41) is 7.74. The second-order valence-corrected chi connectivity index (χ2v) is 7.74. The zero-order valence-electron chi connectivity index (χ0n) is 8.73. The van der Waals surface area contributed by atoms with Crippen LogP contribution in [-0.2, 0) is 10.9 Å². The highest BCUT2D eigenvalue weighted by atomic mass is 79.9. The van der Waals surface area contributed by atoms with Crippen molar-refractivity contribution in [3.8, 4) is 0 Å². The van der Waals surface area contributed by atoms with E-state index in [2.05, 4.69) is 33.2 Å². The Labute approximate surface area is 133 Å². The molecule has 0 saturated carbocycles. The van der Waals surface area contributed by atoms with Crippen molar-refractivity contribution in [2.24, 2.45) is 0 Å². The van der Waals surface area contributed by atoms with E-state index in [1.165, 1.54) is 4.68 Å². The van der Waals surface area contributed by atoms with Gasteiger partial charge in [-0.1, -0.05) is 76.6 Å². The summed E-state index contributed by atoms with van der Waals surface area (Å²) >= 11 is 32.7. The van der Waals surface area contributed by atoms with E-state index in [-0.39, 0.29) is 0 Å². The lowest BCUT2D eigenvalue weighted by atomic mass is 10.3. The Balaban J connectivity index is 3.16. The molecule has 1 heterocycles. The number of hydrogen-bond acceptors (Lipinski definition) is 2. The van der Waals surface area contributed by atoms with Gasteiger partial charge in [0.1, 0.15) is 5.69 Å². The van der Waals surface area contributed by atoms with E-state index in [0.29, 0.717) is 16.8 Å². The molecule has 0 fully saturated rings. The maximum absolute atomic E-state index is 6.11. The molecule has 1 rings (SSSR count). The van der Waals surface area contributed by atoms with Gasteiger partial charge in [-0.3, -0.25) is 0 Å². The van der Waals surface area contributed by atoms with Gasteiger partial charge in [-0.25, -0.2) is 4.68 Å². The second kappa shape index (κ2) is 6.02. The van der Waals surface area contributed by atoms with Gasteiger partial charge in [-0.05, 0) is 22.4 Å². The quantitative estimate of drug-likeness (QED) is 0.673. The lowest BCUT2D eigenvalue weighted by Gasteiger charge is -2.27. The van der Waals surface area contributed by atoms with E-state index in [1.54, 1.807) is 0 Å². The average molecular weight is 404 g/mol. The van der Waals surface area contributed by atoms with E-state index in [0.717, 1.165) is 12.8 Å². The summed E-state index contributed by atoms with van der Waals surface area (Å²) < 4.78 is -1.71. The summed E-state index contributed by atoms with van der Waals surface area (Å²) in [6.45, 7) is 2.65. The summed E-state index contributed by atoms with van der Waals surface area (Å²) in [6.07, 6.45) is 1.88. The van der Waals surface area contributed by atoms with Crippen molar-refractivity contribution in [3.63, 3.8) is 0 Å². The molecule has 1 aromatic rings. The van der Waals surface area contributed by atoms with E-state index >= 15 is 0 Å². The molecule has 0 radical (unpaired) electrons. The predicted molar refractivity (Wildman–Crippen MR) is 76.3 cm³/mol. The molecule has 0 N–H and O–H groups in total. The minimum atomic E-state index is -1.88. The molecule has 0 aliphatic carbocycles. The van der Waals surface area contributed by atoms with Crippen molar-refractivity contribution >= 4 is 73.9 Å². The fourth-order valence-electron chi connectivity index (χ4n) is 1.18. The first-order chi connectivity index (χ1) is 7.71. The number of aromatic nitrogens is 3. The summed E-state index contributed by atoms with van der Waals surface area (Å²) in [4.78, 5) is 0. The van der Waals surface area contributed by atoms with Crippen molar-refractivity contribution in [3.05, 3.63) is 10.3 Å². The standard InChI is InChI=1S/C8H9BrCl5N3/c1-2-3-4-17-5(6(9)15-16-17)7(10,11)8(12,13)14/h2-4H2,1H3. The molecule has 0 spiro atoms. The zero-order chi connectivity index (χ0) is 13.3. The molecule has 1 aromatic heterocycles. The molecule has 9 heteroatoms. The highest BCUT2D eigenvalue weighted by Gasteiger charge is 2.51. The number of halogens is 6. The van der Waals surface area contributed by atoms with Crippen LogP contribution in [0.3, 0.4) is 0 Å². The fourth-order valence-corrected chi connectivity index (χ4v) is 2.63. The van der Waals surface area contributed by atoms with E-state index in [1.807, 2.05) is 0 Å². The summed E-state index contributed by atoms with van der Waals surface area (Å²) in [5.74, 6) is 0. The number of alkyl halides is 5. The van der Waals surface area contributed by atoms with Crippen molar-refractivity contribution in [1.29, 1.82) is 0 Å². The molecule has 0 unspecified atom stereocenters. The monoisotopic (exact) mass is 401 g/mol. The van der Waals surface area contributed by atoms with Gasteiger partial charge in [0.2, 0.25) is 8.13 Å². The third-order valence-corrected chi connectivity index (χ3v) is 4.96. The molecule has 0 aromatic carbocycles. The number of unbranched alkanes of at least 4 members (excludes halogenated alkanes) is 1. The molecule has 0 bridgehead atoms. The molecule has 3 nitrogen and oxygen atoms in total. The topological polar surface area (TPSA) is 30.7 Å². The van der Waals surface area contributed by atoms with E-state index in [9.17, 15) is 0 Å². The molecular formula is C8H9BrCl5N3. The SMILES string of the molecule is CCCCn1nnc(Br)c1C(Cl)(Cl)C(Cl)(Cl)Cl. The van der Waals surface area contributed by atoms with Crippen LogP contribution in [0.5, 0.6) is 0 Å². The third kappa shape index (κ3) is 3.54. The van der Waals surface area contributed by atoms with Crippen LogP contribution in [0.4, 0.5) is 0 Å². The summed E-state index contributed by atoms with van der Waals surface area (Å²) in [5.41, 5.74) is 0.342. The number of aryl methyl sites for hydroxylation is 1. The van der Waals surface area contributed by atoms with Crippen LogP contribution in [-0.4, -0.2) is 18.8 Å². The van der Waals surface area contributed by atoms with Gasteiger partial charge in [-0.2, -0.15) is 0 Å². The summed E-state index contributed by atoms with van der Waals surface area (Å²) in [7, 11) is 0. The highest BCUT2D eigenvalue weighted by Crippen LogP contribution is 2.54. The van der Waals surface area contributed by atoms with Gasteiger partial charge in [0.15, 0.2) is 4.60 Å². The Morgan fingerprint density at radius 2 is 1.82 bits per heavy atom. The highest BCUT2D eigenvalue weighted by molar-refractivity contribution is 9.10. The first-order valence-corrected chi connectivity index (χ1v) is 7.44. The van der Waals surface area contributed by atoms with Crippen LogP contribution < -0.4 is 0 Å². The molecule has 0 amide bonds. The molecular weight excluding hydrogens is 395 g/mol. The van der Waals surface area contributed by atoms with Crippen LogP contribution in [0.15, 0.2) is 4.60 Å². The van der Waals surface area contributed by atoms with Crippen LogP contribution in [0.2, 0.25) is 0 Å². The third-order valence-electron chi connectivity index (χ3n) is 2.07. The predicted octanol–water partition coefficient (Wildman–Crippen LogP) is 4.84. The number of nitrogens with zero attached hydrogens (tertiary/aromatic N) is 3. The van der Waals surface area contributed by atoms with Gasteiger partial charge >= 0.3 is 0 Å². The lowest BCUT2D eigenvalue weighted by molar-refractivity contribution is 0.523. The smallest absolute Gasteiger partial charge is 0.228 e. The normalized spacial score (nSPS) is 13.1. The minimum Gasteiger partial charge on any atom is -0.245 e. The van der Waals surface area contributed by atoms with Crippen LogP contribution in [0.25, 0.3) is 0 Å². The molecule has 0 aliphatic rings. The van der Waals surface area contributed by atoms with Crippen molar-refractivity contribution < 1.29 is 0 Å². The van der Waals surface area contributed by atoms with E-state index < -0.39 is 8.13 Å². The molecule has 17 heavy (non-hydrogen) atoms. The maximum Gasteiger partial charge on any atom is 0.228 e. The Kier molecular flexibility index (Phi) is 5.71. The number of rotatable bonds is 4. The van der Waals surface area contributed by atoms with Crippen molar-refractivity contribution in [2.45, 2.75) is 34.4 Å². The molecule has 0 aliphatic heterocycles. The second-order valence-electron chi connectivity index (χ2n) is 3.38. The van der Waals surface area contributed by atoms with Crippen LogP contribution >= 0.6 is 73.9 Å². The Bertz CT molecular complexity index is 387. The summed E-state index contributed by atoms with van der Waals surface area (Å²) in [6, 6.07) is 0. The van der Waals surface area contributed by atoms with Gasteiger partial charge in [0.25, 0.3) is 0 Å². The maximum atomic E-state index is 6.11. The van der Waals surface area contributed by atoms with Gasteiger partial charge < -0.3 is 0 Å². The van der Waals surface area contributed by atoms with Gasteiger partial charge in [0.05, 0.1) is 0 Å². The van der Waals surface area contributed by atoms with Crippen LogP contribution in [0.1, 0.15) is 25.5 Å². The first kappa shape index (κ1) is 16.1. The van der Waals surface area contributed by atoms with Gasteiger partial charge in [0, 0.05) is 6.54 Å². The van der Waals surface area contributed by atoms with Crippen molar-refractivity contribution in [1.82, 2.24) is 15.0 Å². The first-order valence-electron chi connectivity index (χ1n) is 4.75. The van der Waals surface area contributed by atoms with Crippen LogP contribution in [0, 0.1) is 0 Å². The Morgan fingerprint density at radius 1 is 1.24 bits per heavy atom. The number of hydrogen-bond donors (Lipinski definition) is 0. The van der Waals surface area contributed by atoms with Gasteiger partial charge in [-0.15, -0.1) is 5.10 Å².